The van der Waals surface area contributed by atoms with Gasteiger partial charge < -0.3 is 5.32 Å². The minimum Gasteiger partial charge on any atom is -0.333 e. The average molecular weight is 210 g/mol. The molecule has 1 aromatic rings. The normalized spacial score (nSPS) is 14.1. The first kappa shape index (κ1) is 10.6. The van der Waals surface area contributed by atoms with E-state index in [0.29, 0.717) is 11.3 Å². The maximum atomic E-state index is 11.5. The van der Waals surface area contributed by atoms with Gasteiger partial charge in [0.15, 0.2) is 0 Å². The Kier molecular flexibility index (Phi) is 3.14. The van der Waals surface area contributed by atoms with E-state index in [0.717, 1.165) is 11.5 Å². The van der Waals surface area contributed by atoms with Gasteiger partial charge in [0, 0.05) is 0 Å². The molecule has 0 aliphatic rings. The second-order valence-corrected chi connectivity index (χ2v) is 3.82. The summed E-state index contributed by atoms with van der Waals surface area (Å²) in [6, 6.07) is 2.05. The van der Waals surface area contributed by atoms with E-state index in [1.807, 2.05) is 6.92 Å². The number of nitrogens with zero attached hydrogens (tertiary/aromatic N) is 3. The molecule has 0 bridgehead atoms. The fourth-order valence-electron chi connectivity index (χ4n) is 0.775. The zero-order chi connectivity index (χ0) is 10.6. The van der Waals surface area contributed by atoms with Crippen molar-refractivity contribution in [2.24, 2.45) is 0 Å². The van der Waals surface area contributed by atoms with E-state index in [1.54, 1.807) is 6.92 Å². The molecule has 0 saturated heterocycles. The molecule has 1 unspecified atom stereocenters. The molecule has 5 nitrogen and oxygen atoms in total. The van der Waals surface area contributed by atoms with Crippen molar-refractivity contribution >= 4 is 17.4 Å². The Hall–Kier alpha value is -1.48. The molecule has 1 aromatic heterocycles. The van der Waals surface area contributed by atoms with Crippen molar-refractivity contribution in [1.82, 2.24) is 14.9 Å². The summed E-state index contributed by atoms with van der Waals surface area (Å²) in [5.41, 5.74) is -0.818. The Balaban J connectivity index is 2.71. The lowest BCUT2D eigenvalue weighted by atomic mass is 10.0. The van der Waals surface area contributed by atoms with Crippen LogP contribution in [0.15, 0.2) is 6.20 Å². The van der Waals surface area contributed by atoms with Crippen molar-refractivity contribution in [3.63, 3.8) is 0 Å². The van der Waals surface area contributed by atoms with E-state index in [-0.39, 0.29) is 5.91 Å². The van der Waals surface area contributed by atoms with Gasteiger partial charge in [0.25, 0.3) is 5.91 Å². The number of aromatic nitrogens is 2. The molecular weight excluding hydrogens is 200 g/mol. The summed E-state index contributed by atoms with van der Waals surface area (Å²) in [6.45, 7) is 3.52. The maximum Gasteiger partial charge on any atom is 0.265 e. The molecule has 0 spiro atoms. The van der Waals surface area contributed by atoms with Crippen molar-refractivity contribution in [3.05, 3.63) is 11.1 Å². The van der Waals surface area contributed by atoms with Gasteiger partial charge in [0.2, 0.25) is 0 Å². The van der Waals surface area contributed by atoms with Crippen molar-refractivity contribution in [1.29, 1.82) is 5.26 Å². The molecule has 0 aliphatic heterocycles. The van der Waals surface area contributed by atoms with Crippen LogP contribution < -0.4 is 5.32 Å². The first-order valence-corrected chi connectivity index (χ1v) is 4.90. The first-order valence-electron chi connectivity index (χ1n) is 4.12. The SMILES string of the molecule is CCC(C)(C#N)NC(=O)c1cnns1. The third kappa shape index (κ3) is 2.26. The molecule has 1 heterocycles. The van der Waals surface area contributed by atoms with Crippen LogP contribution in [0.3, 0.4) is 0 Å². The first-order chi connectivity index (χ1) is 6.61. The Morgan fingerprint density at radius 3 is 3.00 bits per heavy atom. The summed E-state index contributed by atoms with van der Waals surface area (Å²) < 4.78 is 3.57. The van der Waals surface area contributed by atoms with Crippen LogP contribution in [0.1, 0.15) is 29.9 Å². The number of amides is 1. The average Bonchev–Trinajstić information content (AvgIpc) is 2.70. The van der Waals surface area contributed by atoms with Gasteiger partial charge in [-0.15, -0.1) is 5.10 Å². The number of nitriles is 1. The second kappa shape index (κ2) is 4.15. The van der Waals surface area contributed by atoms with Gasteiger partial charge in [-0.1, -0.05) is 11.4 Å². The van der Waals surface area contributed by atoms with E-state index in [1.165, 1.54) is 6.20 Å². The third-order valence-corrected chi connectivity index (χ3v) is 2.59. The lowest BCUT2D eigenvalue weighted by Crippen LogP contribution is -2.44. The van der Waals surface area contributed by atoms with Gasteiger partial charge in [0.05, 0.1) is 12.3 Å². The van der Waals surface area contributed by atoms with E-state index in [9.17, 15) is 4.79 Å². The van der Waals surface area contributed by atoms with Gasteiger partial charge in [-0.3, -0.25) is 4.79 Å². The highest BCUT2D eigenvalue weighted by Crippen LogP contribution is 2.10. The number of rotatable bonds is 3. The molecule has 14 heavy (non-hydrogen) atoms. The van der Waals surface area contributed by atoms with Crippen molar-refractivity contribution in [3.8, 4) is 6.07 Å². The Morgan fingerprint density at radius 1 is 1.86 bits per heavy atom. The summed E-state index contributed by atoms with van der Waals surface area (Å²) in [5.74, 6) is -0.300. The number of carbonyl (C=O) groups excluding carboxylic acids is 1. The Morgan fingerprint density at radius 2 is 2.57 bits per heavy atom. The molecule has 1 amide bonds. The molecule has 0 fully saturated rings. The number of carbonyl (C=O) groups is 1. The van der Waals surface area contributed by atoms with Crippen molar-refractivity contribution in [2.75, 3.05) is 0 Å². The summed E-state index contributed by atoms with van der Waals surface area (Å²) in [4.78, 5) is 11.9. The van der Waals surface area contributed by atoms with Gasteiger partial charge in [-0.2, -0.15) is 5.26 Å². The predicted octanol–water partition coefficient (Wildman–Crippen LogP) is 0.960. The molecule has 1 atom stereocenters. The molecule has 0 radical (unpaired) electrons. The van der Waals surface area contributed by atoms with Crippen LogP contribution in [0.2, 0.25) is 0 Å². The fourth-order valence-corrected chi connectivity index (χ4v) is 1.19. The topological polar surface area (TPSA) is 78.7 Å². The zero-order valence-electron chi connectivity index (χ0n) is 7.94. The van der Waals surface area contributed by atoms with Crippen LogP contribution >= 0.6 is 11.5 Å². The monoisotopic (exact) mass is 210 g/mol. The molecule has 0 saturated carbocycles. The summed E-state index contributed by atoms with van der Waals surface area (Å²) >= 11 is 1.01. The maximum absolute atomic E-state index is 11.5. The van der Waals surface area contributed by atoms with Gasteiger partial charge in [-0.05, 0) is 24.9 Å². The molecule has 0 aliphatic carbocycles. The van der Waals surface area contributed by atoms with E-state index in [2.05, 4.69) is 21.0 Å². The van der Waals surface area contributed by atoms with Crippen LogP contribution in [-0.4, -0.2) is 21.0 Å². The Bertz CT molecular complexity index is 356. The highest BCUT2D eigenvalue weighted by Gasteiger charge is 2.24. The predicted molar refractivity (Wildman–Crippen MR) is 51.7 cm³/mol. The lowest BCUT2D eigenvalue weighted by Gasteiger charge is -2.20. The molecule has 1 rings (SSSR count). The molecule has 0 aromatic carbocycles. The third-order valence-electron chi connectivity index (χ3n) is 1.93. The minimum atomic E-state index is -0.818. The summed E-state index contributed by atoms with van der Waals surface area (Å²) in [6.07, 6.45) is 1.94. The van der Waals surface area contributed by atoms with Crippen LogP contribution in [-0.2, 0) is 0 Å². The van der Waals surface area contributed by atoms with Crippen LogP contribution in [0.4, 0.5) is 0 Å². The van der Waals surface area contributed by atoms with Gasteiger partial charge in [-0.25, -0.2) is 0 Å². The largest absolute Gasteiger partial charge is 0.333 e. The quantitative estimate of drug-likeness (QED) is 0.805. The number of nitrogens with one attached hydrogen (secondary N) is 1. The second-order valence-electron chi connectivity index (χ2n) is 3.03. The highest BCUT2D eigenvalue weighted by atomic mass is 32.1. The van der Waals surface area contributed by atoms with Crippen LogP contribution in [0.25, 0.3) is 0 Å². The van der Waals surface area contributed by atoms with E-state index in [4.69, 9.17) is 5.26 Å². The highest BCUT2D eigenvalue weighted by molar-refractivity contribution is 7.07. The Labute approximate surface area is 85.9 Å². The van der Waals surface area contributed by atoms with E-state index < -0.39 is 5.54 Å². The summed E-state index contributed by atoms with van der Waals surface area (Å²) in [5, 5.41) is 15.0. The smallest absolute Gasteiger partial charge is 0.265 e. The van der Waals surface area contributed by atoms with Crippen LogP contribution in [0, 0.1) is 11.3 Å². The molecule has 74 valence electrons. The fraction of sp³-hybridized carbons (Fsp3) is 0.500. The lowest BCUT2D eigenvalue weighted by molar-refractivity contribution is 0.0927. The molecule has 1 N–H and O–H groups in total. The molecule has 6 heteroatoms. The number of hydrogen-bond donors (Lipinski definition) is 1. The van der Waals surface area contributed by atoms with Crippen molar-refractivity contribution in [2.45, 2.75) is 25.8 Å². The standard InChI is InChI=1S/C8H10N4OS/c1-3-8(2,5-9)11-7(13)6-4-10-12-14-6/h4H,3H2,1-2H3,(H,11,13). The van der Waals surface area contributed by atoms with Crippen molar-refractivity contribution < 1.29 is 4.79 Å². The molecular formula is C8H10N4OS. The van der Waals surface area contributed by atoms with Gasteiger partial charge in [0.1, 0.15) is 10.4 Å². The minimum absolute atomic E-state index is 0.300. The summed E-state index contributed by atoms with van der Waals surface area (Å²) in [7, 11) is 0. The van der Waals surface area contributed by atoms with Crippen LogP contribution in [0.5, 0.6) is 0 Å². The number of hydrogen-bond acceptors (Lipinski definition) is 5. The zero-order valence-corrected chi connectivity index (χ0v) is 8.76. The van der Waals surface area contributed by atoms with Gasteiger partial charge >= 0.3 is 0 Å². The van der Waals surface area contributed by atoms with E-state index >= 15 is 0 Å².